The topological polar surface area (TPSA) is 46.3 Å². The fourth-order valence-electron chi connectivity index (χ4n) is 3.37. The summed E-state index contributed by atoms with van der Waals surface area (Å²) in [4.78, 5) is 13.9. The smallest absolute Gasteiger partial charge is 0.133 e. The third kappa shape index (κ3) is 1.72. The molecule has 15 heavy (non-hydrogen) atoms. The summed E-state index contributed by atoms with van der Waals surface area (Å²) in [6.07, 6.45) is 4.51. The number of likely N-dealkylation sites (tertiary alicyclic amines) is 1. The van der Waals surface area contributed by atoms with Gasteiger partial charge in [-0.2, -0.15) is 0 Å². The zero-order valence-electron chi connectivity index (χ0n) is 9.83. The molecule has 3 heteroatoms. The molecule has 2 aliphatic rings. The maximum atomic E-state index is 11.3. The molecule has 0 amide bonds. The van der Waals surface area contributed by atoms with E-state index in [-0.39, 0.29) is 11.6 Å². The number of carbonyl (C=O) groups is 1. The molecular formula is C12H22N2O. The van der Waals surface area contributed by atoms with Gasteiger partial charge >= 0.3 is 0 Å². The van der Waals surface area contributed by atoms with Gasteiger partial charge in [0, 0.05) is 37.0 Å². The van der Waals surface area contributed by atoms with Gasteiger partial charge in [0.05, 0.1) is 0 Å². The molecule has 0 radical (unpaired) electrons. The number of Topliss-reactive ketones (excluding diaryl/α,β-unsaturated/α-hetero) is 1. The van der Waals surface area contributed by atoms with Crippen LogP contribution in [0, 0.1) is 0 Å². The first kappa shape index (κ1) is 11.1. The fraction of sp³-hybridized carbons (Fsp3) is 0.917. The van der Waals surface area contributed by atoms with E-state index in [1.807, 2.05) is 0 Å². The van der Waals surface area contributed by atoms with E-state index in [4.69, 9.17) is 5.73 Å². The van der Waals surface area contributed by atoms with Crippen LogP contribution in [0.25, 0.3) is 0 Å². The summed E-state index contributed by atoms with van der Waals surface area (Å²) in [6, 6.07) is 0.819. The Bertz CT molecular complexity index is 252. The molecule has 1 heterocycles. The molecule has 2 rings (SSSR count). The molecule has 0 aromatic rings. The Morgan fingerprint density at radius 1 is 1.40 bits per heavy atom. The van der Waals surface area contributed by atoms with E-state index in [0.29, 0.717) is 11.8 Å². The summed E-state index contributed by atoms with van der Waals surface area (Å²) in [6.45, 7) is 5.57. The molecular weight excluding hydrogens is 188 g/mol. The molecule has 1 saturated heterocycles. The minimum atomic E-state index is 0.141. The maximum absolute atomic E-state index is 11.3. The number of hydrogen-bond donors (Lipinski definition) is 1. The van der Waals surface area contributed by atoms with Crippen molar-refractivity contribution >= 4 is 5.78 Å². The molecule has 1 saturated carbocycles. The van der Waals surface area contributed by atoms with Crippen LogP contribution in [0.5, 0.6) is 0 Å². The second-order valence-corrected chi connectivity index (χ2v) is 5.32. The molecule has 1 aliphatic carbocycles. The first-order chi connectivity index (χ1) is 7.06. The Hall–Kier alpha value is -0.410. The van der Waals surface area contributed by atoms with Crippen molar-refractivity contribution in [3.05, 3.63) is 0 Å². The second kappa shape index (κ2) is 3.87. The van der Waals surface area contributed by atoms with Gasteiger partial charge < -0.3 is 5.73 Å². The average molecular weight is 210 g/mol. The summed E-state index contributed by atoms with van der Waals surface area (Å²) in [5.41, 5.74) is 6.41. The summed E-state index contributed by atoms with van der Waals surface area (Å²) in [5, 5.41) is 0. The van der Waals surface area contributed by atoms with Crippen LogP contribution in [-0.2, 0) is 4.79 Å². The maximum Gasteiger partial charge on any atom is 0.133 e. The summed E-state index contributed by atoms with van der Waals surface area (Å²) < 4.78 is 0. The van der Waals surface area contributed by atoms with Gasteiger partial charge in [0.15, 0.2) is 0 Å². The van der Waals surface area contributed by atoms with Crippen molar-refractivity contribution < 1.29 is 4.79 Å². The molecule has 1 spiro atoms. The van der Waals surface area contributed by atoms with Crippen molar-refractivity contribution in [1.29, 1.82) is 0 Å². The van der Waals surface area contributed by atoms with E-state index in [2.05, 4.69) is 18.7 Å². The van der Waals surface area contributed by atoms with E-state index in [0.717, 1.165) is 38.6 Å². The molecule has 86 valence electrons. The minimum absolute atomic E-state index is 0.141. The van der Waals surface area contributed by atoms with Crippen molar-refractivity contribution in [2.24, 2.45) is 5.73 Å². The zero-order valence-corrected chi connectivity index (χ0v) is 9.83. The Kier molecular flexibility index (Phi) is 2.86. The second-order valence-electron chi connectivity index (χ2n) is 5.32. The highest BCUT2D eigenvalue weighted by Gasteiger charge is 2.49. The number of ketones is 1. The van der Waals surface area contributed by atoms with Gasteiger partial charge in [-0.05, 0) is 33.1 Å². The Labute approximate surface area is 92.0 Å². The lowest BCUT2D eigenvalue weighted by atomic mass is 9.76. The van der Waals surface area contributed by atoms with E-state index in [1.54, 1.807) is 0 Å². The van der Waals surface area contributed by atoms with E-state index < -0.39 is 0 Å². The SMILES string of the molecule is CC(C)N1CCC(N)C12CCC(=O)CC2. The first-order valence-electron chi connectivity index (χ1n) is 6.10. The van der Waals surface area contributed by atoms with E-state index in [9.17, 15) is 4.79 Å². The van der Waals surface area contributed by atoms with Gasteiger partial charge in [-0.15, -0.1) is 0 Å². The van der Waals surface area contributed by atoms with Crippen LogP contribution in [0.2, 0.25) is 0 Å². The third-order valence-corrected chi connectivity index (χ3v) is 4.24. The van der Waals surface area contributed by atoms with E-state index in [1.165, 1.54) is 0 Å². The molecule has 0 bridgehead atoms. The van der Waals surface area contributed by atoms with Gasteiger partial charge in [0.2, 0.25) is 0 Å². The number of rotatable bonds is 1. The van der Waals surface area contributed by atoms with Crippen molar-refractivity contribution in [2.45, 2.75) is 63.6 Å². The van der Waals surface area contributed by atoms with Crippen LogP contribution >= 0.6 is 0 Å². The monoisotopic (exact) mass is 210 g/mol. The van der Waals surface area contributed by atoms with Crippen molar-refractivity contribution in [3.63, 3.8) is 0 Å². The number of carbonyl (C=O) groups excluding carboxylic acids is 1. The highest BCUT2D eigenvalue weighted by molar-refractivity contribution is 5.79. The lowest BCUT2D eigenvalue weighted by molar-refractivity contribution is -0.123. The van der Waals surface area contributed by atoms with Crippen molar-refractivity contribution in [3.8, 4) is 0 Å². The summed E-state index contributed by atoms with van der Waals surface area (Å²) >= 11 is 0. The Morgan fingerprint density at radius 2 is 2.00 bits per heavy atom. The van der Waals surface area contributed by atoms with Crippen LogP contribution < -0.4 is 5.73 Å². The largest absolute Gasteiger partial charge is 0.326 e. The number of hydrogen-bond acceptors (Lipinski definition) is 3. The van der Waals surface area contributed by atoms with Crippen LogP contribution in [0.1, 0.15) is 46.0 Å². The van der Waals surface area contributed by atoms with Crippen LogP contribution in [-0.4, -0.2) is 34.9 Å². The lowest BCUT2D eigenvalue weighted by Crippen LogP contribution is -2.57. The third-order valence-electron chi connectivity index (χ3n) is 4.24. The van der Waals surface area contributed by atoms with Crippen LogP contribution in [0.15, 0.2) is 0 Å². The molecule has 0 aromatic carbocycles. The minimum Gasteiger partial charge on any atom is -0.326 e. The molecule has 1 atom stereocenters. The normalized spacial score (nSPS) is 31.7. The first-order valence-corrected chi connectivity index (χ1v) is 6.10. The fourth-order valence-corrected chi connectivity index (χ4v) is 3.37. The Balaban J connectivity index is 2.18. The highest BCUT2D eigenvalue weighted by atomic mass is 16.1. The van der Waals surface area contributed by atoms with Crippen LogP contribution in [0.4, 0.5) is 0 Å². The zero-order chi connectivity index (χ0) is 11.1. The number of nitrogens with two attached hydrogens (primary N) is 1. The standard InChI is InChI=1S/C12H22N2O/c1-9(2)14-8-5-11(13)12(14)6-3-10(15)4-7-12/h9,11H,3-8,13H2,1-2H3. The molecule has 1 aliphatic heterocycles. The van der Waals surface area contributed by atoms with Gasteiger partial charge in [0.1, 0.15) is 5.78 Å². The summed E-state index contributed by atoms with van der Waals surface area (Å²) in [5.74, 6) is 0.420. The Morgan fingerprint density at radius 3 is 2.53 bits per heavy atom. The predicted octanol–water partition coefficient (Wildman–Crippen LogP) is 1.31. The van der Waals surface area contributed by atoms with Crippen molar-refractivity contribution in [2.75, 3.05) is 6.54 Å². The average Bonchev–Trinajstić information content (AvgIpc) is 2.50. The molecule has 2 fully saturated rings. The van der Waals surface area contributed by atoms with Gasteiger partial charge in [-0.25, -0.2) is 0 Å². The van der Waals surface area contributed by atoms with Gasteiger partial charge in [-0.3, -0.25) is 9.69 Å². The highest BCUT2D eigenvalue weighted by Crippen LogP contribution is 2.41. The van der Waals surface area contributed by atoms with Crippen molar-refractivity contribution in [1.82, 2.24) is 4.90 Å². The molecule has 3 nitrogen and oxygen atoms in total. The quantitative estimate of drug-likeness (QED) is 0.710. The molecule has 0 aromatic heterocycles. The lowest BCUT2D eigenvalue weighted by Gasteiger charge is -2.45. The molecule has 1 unspecified atom stereocenters. The molecule has 2 N–H and O–H groups in total. The van der Waals surface area contributed by atoms with Crippen LogP contribution in [0.3, 0.4) is 0 Å². The van der Waals surface area contributed by atoms with E-state index >= 15 is 0 Å². The number of nitrogens with zero attached hydrogens (tertiary/aromatic N) is 1. The van der Waals surface area contributed by atoms with Gasteiger partial charge in [0.25, 0.3) is 0 Å². The predicted molar refractivity (Wildman–Crippen MR) is 60.6 cm³/mol. The van der Waals surface area contributed by atoms with Gasteiger partial charge in [-0.1, -0.05) is 0 Å². The summed E-state index contributed by atoms with van der Waals surface area (Å²) in [7, 11) is 0.